The molecule has 1 fully saturated rings. The number of aryl methyl sites for hydroxylation is 2. The van der Waals surface area contributed by atoms with Crippen molar-refractivity contribution in [2.24, 2.45) is 17.6 Å². The second-order valence-electron chi connectivity index (χ2n) is 11.4. The zero-order chi connectivity index (χ0) is 30.0. The van der Waals surface area contributed by atoms with Crippen molar-refractivity contribution in [3.05, 3.63) is 81.6 Å². The first-order valence-corrected chi connectivity index (χ1v) is 13.6. The number of carbonyl (C=O) groups is 3. The van der Waals surface area contributed by atoms with E-state index in [0.29, 0.717) is 24.0 Å². The quantitative estimate of drug-likeness (QED) is 0.285. The minimum atomic E-state index is -2.92. The standard InChI is InChI=1S/C31H34N2O8/c1-14-17-13-12-16(11-7-10-15-8-5-4-6-9-15)24(34)19(17)25(35)20-18(14)26(36)22-23(33(2)3)27(37)21(30(32)40)29(39)31(22,41)28(20)38/h4-6,8-9,12-14,18,22-23,26,34-36,39,41H,7,10-11H2,1-3H3,(H2,32,40)/t14-,18+,22+,23-,26-,31-/m0/s1. The fraction of sp³-hybridized carbons (Fsp3) is 0.387. The summed E-state index contributed by atoms with van der Waals surface area (Å²) in [6.45, 7) is 1.71. The van der Waals surface area contributed by atoms with Crippen molar-refractivity contribution in [2.75, 3.05) is 14.1 Å². The summed E-state index contributed by atoms with van der Waals surface area (Å²) in [6.07, 6.45) is 0.342. The number of aromatic hydroxyl groups is 1. The van der Waals surface area contributed by atoms with Crippen molar-refractivity contribution >= 4 is 23.2 Å². The van der Waals surface area contributed by atoms with E-state index in [2.05, 4.69) is 0 Å². The summed E-state index contributed by atoms with van der Waals surface area (Å²) in [4.78, 5) is 40.8. The van der Waals surface area contributed by atoms with Gasteiger partial charge in [-0.15, -0.1) is 0 Å². The third-order valence-corrected chi connectivity index (χ3v) is 8.97. The van der Waals surface area contributed by atoms with Crippen molar-refractivity contribution < 1.29 is 39.9 Å². The number of hydrogen-bond donors (Lipinski definition) is 6. The Morgan fingerprint density at radius 2 is 1.68 bits per heavy atom. The van der Waals surface area contributed by atoms with Gasteiger partial charge in [0.15, 0.2) is 11.4 Å². The molecule has 216 valence electrons. The number of rotatable bonds is 6. The lowest BCUT2D eigenvalue weighted by Gasteiger charge is -2.53. The van der Waals surface area contributed by atoms with Gasteiger partial charge in [0, 0.05) is 11.5 Å². The van der Waals surface area contributed by atoms with E-state index in [1.165, 1.54) is 19.0 Å². The van der Waals surface area contributed by atoms with Crippen molar-refractivity contribution in [3.8, 4) is 5.75 Å². The molecule has 5 rings (SSSR count). The number of ketones is 2. The van der Waals surface area contributed by atoms with Crippen LogP contribution in [0.5, 0.6) is 5.75 Å². The van der Waals surface area contributed by atoms with Gasteiger partial charge in [-0.1, -0.05) is 49.4 Å². The molecular formula is C31H34N2O8. The first kappa shape index (κ1) is 28.5. The molecule has 0 unspecified atom stereocenters. The van der Waals surface area contributed by atoms with E-state index < -0.39 is 75.6 Å². The lowest BCUT2D eigenvalue weighted by molar-refractivity contribution is -0.169. The monoisotopic (exact) mass is 562 g/mol. The Morgan fingerprint density at radius 3 is 2.29 bits per heavy atom. The smallest absolute Gasteiger partial charge is 0.255 e. The fourth-order valence-corrected chi connectivity index (χ4v) is 6.99. The molecular weight excluding hydrogens is 528 g/mol. The predicted molar refractivity (Wildman–Crippen MR) is 149 cm³/mol. The summed E-state index contributed by atoms with van der Waals surface area (Å²) in [5.74, 6) is -8.83. The molecule has 0 saturated heterocycles. The molecule has 0 bridgehead atoms. The molecule has 10 heteroatoms. The third-order valence-electron chi connectivity index (χ3n) is 8.97. The van der Waals surface area contributed by atoms with Crippen LogP contribution in [0.2, 0.25) is 0 Å². The maximum atomic E-state index is 14.1. The highest BCUT2D eigenvalue weighted by Gasteiger charge is 2.68. The number of Topliss-reactive ketones (excluding diaryl/α,β-unsaturated/α-hetero) is 2. The summed E-state index contributed by atoms with van der Waals surface area (Å²) in [5, 5.41) is 57.2. The number of benzene rings is 2. The Balaban J connectivity index is 1.62. The number of phenols is 1. The highest BCUT2D eigenvalue weighted by atomic mass is 16.4. The Labute approximate surface area is 237 Å². The SMILES string of the molecule is C[C@H]1c2ccc(CCCc3ccccc3)c(O)c2C(O)=C2C(=O)[C@]3(O)C(O)=C(C(N)=O)C(=O)[C@@H](N(C)C)[C@@H]3[C@@H](O)[C@@H]21. The zero-order valence-corrected chi connectivity index (χ0v) is 23.0. The number of aliphatic hydroxyl groups excluding tert-OH is 3. The van der Waals surface area contributed by atoms with E-state index in [1.54, 1.807) is 19.1 Å². The molecule has 0 aliphatic heterocycles. The molecule has 0 aromatic heterocycles. The molecule has 0 spiro atoms. The predicted octanol–water partition coefficient (Wildman–Crippen LogP) is 1.67. The summed E-state index contributed by atoms with van der Waals surface area (Å²) in [5.41, 5.74) is 3.29. The van der Waals surface area contributed by atoms with E-state index in [4.69, 9.17) is 5.73 Å². The van der Waals surface area contributed by atoms with Crippen molar-refractivity contribution in [2.45, 2.75) is 49.9 Å². The number of nitrogens with two attached hydrogens (primary N) is 1. The van der Waals surface area contributed by atoms with E-state index in [9.17, 15) is 39.9 Å². The van der Waals surface area contributed by atoms with E-state index in [1.807, 2.05) is 30.3 Å². The van der Waals surface area contributed by atoms with Gasteiger partial charge in [0.25, 0.3) is 5.91 Å². The van der Waals surface area contributed by atoms with E-state index in [0.717, 1.165) is 12.0 Å². The van der Waals surface area contributed by atoms with Crippen LogP contribution in [-0.4, -0.2) is 79.7 Å². The molecule has 2 aromatic rings. The first-order valence-electron chi connectivity index (χ1n) is 13.6. The third kappa shape index (κ3) is 4.08. The number of aliphatic hydroxyl groups is 4. The maximum absolute atomic E-state index is 14.1. The number of likely N-dealkylation sites (N-methyl/N-ethyl adjacent to an activating group) is 1. The van der Waals surface area contributed by atoms with Crippen LogP contribution < -0.4 is 5.73 Å². The van der Waals surface area contributed by atoms with Gasteiger partial charge in [0.1, 0.15) is 22.8 Å². The average molecular weight is 563 g/mol. The van der Waals surface area contributed by atoms with Crippen molar-refractivity contribution in [1.82, 2.24) is 4.90 Å². The molecule has 10 nitrogen and oxygen atoms in total. The van der Waals surface area contributed by atoms with Gasteiger partial charge >= 0.3 is 0 Å². The molecule has 1 saturated carbocycles. The van der Waals surface area contributed by atoms with Gasteiger partial charge in [0.2, 0.25) is 5.78 Å². The molecule has 6 atom stereocenters. The Kier molecular flexibility index (Phi) is 7.05. The number of amides is 1. The van der Waals surface area contributed by atoms with Crippen LogP contribution in [0.15, 0.2) is 59.4 Å². The van der Waals surface area contributed by atoms with Gasteiger partial charge in [0.05, 0.1) is 23.6 Å². The van der Waals surface area contributed by atoms with Crippen LogP contribution in [0, 0.1) is 11.8 Å². The topological polar surface area (TPSA) is 182 Å². The van der Waals surface area contributed by atoms with E-state index >= 15 is 0 Å². The average Bonchev–Trinajstić information content (AvgIpc) is 2.92. The minimum Gasteiger partial charge on any atom is -0.508 e. The summed E-state index contributed by atoms with van der Waals surface area (Å²) < 4.78 is 0. The van der Waals surface area contributed by atoms with Crippen LogP contribution in [-0.2, 0) is 27.2 Å². The number of carbonyl (C=O) groups excluding carboxylic acids is 3. The molecule has 0 radical (unpaired) electrons. The Morgan fingerprint density at radius 1 is 1.02 bits per heavy atom. The zero-order valence-electron chi connectivity index (χ0n) is 23.0. The van der Waals surface area contributed by atoms with Crippen LogP contribution in [0.3, 0.4) is 0 Å². The highest BCUT2D eigenvalue weighted by Crippen LogP contribution is 2.56. The molecule has 1 amide bonds. The van der Waals surface area contributed by atoms with Gasteiger partial charge in [-0.3, -0.25) is 19.3 Å². The molecule has 3 aliphatic rings. The summed E-state index contributed by atoms with van der Waals surface area (Å²) >= 11 is 0. The van der Waals surface area contributed by atoms with Crippen molar-refractivity contribution in [3.63, 3.8) is 0 Å². The second-order valence-corrected chi connectivity index (χ2v) is 11.4. The van der Waals surface area contributed by atoms with Crippen LogP contribution in [0.1, 0.15) is 41.5 Å². The summed E-state index contributed by atoms with van der Waals surface area (Å²) in [6, 6.07) is 12.0. The number of fused-ring (bicyclic) bond motifs is 3. The Hall–Kier alpha value is -3.99. The molecule has 3 aliphatic carbocycles. The minimum absolute atomic E-state index is 0.0122. The van der Waals surface area contributed by atoms with Gasteiger partial charge in [-0.2, -0.15) is 0 Å². The number of primary amides is 1. The van der Waals surface area contributed by atoms with Crippen molar-refractivity contribution in [1.29, 1.82) is 0 Å². The second kappa shape index (κ2) is 10.1. The fourth-order valence-electron chi connectivity index (χ4n) is 6.99. The number of hydrogen-bond acceptors (Lipinski definition) is 9. The van der Waals surface area contributed by atoms with Gasteiger partial charge in [-0.25, -0.2) is 0 Å². The van der Waals surface area contributed by atoms with Crippen LogP contribution in [0.4, 0.5) is 0 Å². The lowest BCUT2D eigenvalue weighted by Crippen LogP contribution is -2.70. The molecule has 41 heavy (non-hydrogen) atoms. The molecule has 2 aromatic carbocycles. The van der Waals surface area contributed by atoms with E-state index in [-0.39, 0.29) is 11.3 Å². The normalized spacial score (nSPS) is 29.4. The highest BCUT2D eigenvalue weighted by molar-refractivity contribution is 6.24. The maximum Gasteiger partial charge on any atom is 0.255 e. The van der Waals surface area contributed by atoms with Crippen LogP contribution in [0.25, 0.3) is 5.76 Å². The molecule has 7 N–H and O–H groups in total. The molecule has 0 heterocycles. The Bertz CT molecular complexity index is 1510. The van der Waals surface area contributed by atoms with Gasteiger partial charge in [-0.05, 0) is 56.0 Å². The lowest BCUT2D eigenvalue weighted by atomic mass is 9.54. The first-order chi connectivity index (χ1) is 19.3. The summed E-state index contributed by atoms with van der Waals surface area (Å²) in [7, 11) is 2.95. The number of nitrogens with zero attached hydrogens (tertiary/aromatic N) is 1. The van der Waals surface area contributed by atoms with Gasteiger partial charge < -0.3 is 31.3 Å². The van der Waals surface area contributed by atoms with Crippen LogP contribution >= 0.6 is 0 Å². The largest absolute Gasteiger partial charge is 0.508 e. The number of phenolic OH excluding ortho intramolecular Hbond substituents is 1.